The maximum absolute atomic E-state index is 3.25. The average Bonchev–Trinajstić information content (AvgIpc) is 2.73. The molecule has 1 heteroatoms. The smallest absolute Gasteiger partial charge is 0.0286 e. The maximum atomic E-state index is 3.25. The minimum atomic E-state index is 0.910. The van der Waals surface area contributed by atoms with Crippen LogP contribution in [-0.2, 0) is 6.42 Å². The van der Waals surface area contributed by atoms with E-state index in [9.17, 15) is 0 Å². The molecule has 15 heavy (non-hydrogen) atoms. The Kier molecular flexibility index (Phi) is 3.22. The van der Waals surface area contributed by atoms with E-state index >= 15 is 0 Å². The number of benzene rings is 1. The van der Waals surface area contributed by atoms with E-state index in [4.69, 9.17) is 0 Å². The van der Waals surface area contributed by atoms with Gasteiger partial charge in [-0.05, 0) is 30.7 Å². The molecule has 0 radical (unpaired) electrons. The van der Waals surface area contributed by atoms with E-state index in [1.165, 1.54) is 16.7 Å². The predicted octanol–water partition coefficient (Wildman–Crippen LogP) is 2.22. The van der Waals surface area contributed by atoms with Crippen LogP contribution in [0.1, 0.15) is 23.1 Å². The van der Waals surface area contributed by atoms with Crippen LogP contribution in [0.5, 0.6) is 0 Å². The Hall–Kier alpha value is -1.52. The van der Waals surface area contributed by atoms with Crippen molar-refractivity contribution < 1.29 is 0 Å². The molecule has 0 heterocycles. The van der Waals surface area contributed by atoms with Gasteiger partial charge < -0.3 is 5.32 Å². The Morgan fingerprint density at radius 3 is 3.20 bits per heavy atom. The van der Waals surface area contributed by atoms with Gasteiger partial charge in [-0.3, -0.25) is 0 Å². The summed E-state index contributed by atoms with van der Waals surface area (Å²) in [5.41, 5.74) is 3.90. The quantitative estimate of drug-likeness (QED) is 0.566. The first-order chi connectivity index (χ1) is 7.42. The summed E-state index contributed by atoms with van der Waals surface area (Å²) in [6, 6.07) is 6.34. The Labute approximate surface area is 91.2 Å². The lowest BCUT2D eigenvalue weighted by Crippen LogP contribution is -2.05. The molecule has 1 nitrogen and oxygen atoms in total. The van der Waals surface area contributed by atoms with Gasteiger partial charge >= 0.3 is 0 Å². The SMILES string of the molecule is CNCCC#Cc1cccc2c1CC=C2. The van der Waals surface area contributed by atoms with Gasteiger partial charge in [-0.2, -0.15) is 0 Å². The molecule has 1 aliphatic rings. The minimum Gasteiger partial charge on any atom is -0.319 e. The first kappa shape index (κ1) is 10.0. The third-order valence-corrected chi connectivity index (χ3v) is 2.55. The van der Waals surface area contributed by atoms with E-state index in [2.05, 4.69) is 47.5 Å². The van der Waals surface area contributed by atoms with Crippen LogP contribution in [0.15, 0.2) is 24.3 Å². The summed E-state index contributed by atoms with van der Waals surface area (Å²) in [4.78, 5) is 0. The van der Waals surface area contributed by atoms with Gasteiger partial charge in [0.05, 0.1) is 0 Å². The van der Waals surface area contributed by atoms with Crippen LogP contribution >= 0.6 is 0 Å². The van der Waals surface area contributed by atoms with Crippen molar-refractivity contribution in [2.45, 2.75) is 12.8 Å². The summed E-state index contributed by atoms with van der Waals surface area (Å²) < 4.78 is 0. The van der Waals surface area contributed by atoms with E-state index in [1.807, 2.05) is 7.05 Å². The highest BCUT2D eigenvalue weighted by molar-refractivity contribution is 5.64. The lowest BCUT2D eigenvalue weighted by atomic mass is 10.0. The van der Waals surface area contributed by atoms with Gasteiger partial charge in [0, 0.05) is 18.5 Å². The second-order valence-electron chi connectivity index (χ2n) is 3.64. The van der Waals surface area contributed by atoms with E-state index in [0.717, 1.165) is 19.4 Å². The number of allylic oxidation sites excluding steroid dienone is 1. The Bertz CT molecular complexity index is 432. The molecule has 0 atom stereocenters. The van der Waals surface area contributed by atoms with Crippen molar-refractivity contribution in [2.24, 2.45) is 0 Å². The summed E-state index contributed by atoms with van der Waals surface area (Å²) in [6.07, 6.45) is 6.32. The van der Waals surface area contributed by atoms with Crippen molar-refractivity contribution >= 4 is 6.08 Å². The summed E-state index contributed by atoms with van der Waals surface area (Å²) in [6.45, 7) is 0.959. The van der Waals surface area contributed by atoms with Crippen molar-refractivity contribution in [3.63, 3.8) is 0 Å². The normalized spacial score (nSPS) is 12.1. The molecular formula is C14H15N. The van der Waals surface area contributed by atoms with Crippen molar-refractivity contribution in [1.82, 2.24) is 5.32 Å². The van der Waals surface area contributed by atoms with Gasteiger partial charge in [-0.1, -0.05) is 36.1 Å². The zero-order valence-electron chi connectivity index (χ0n) is 9.01. The minimum absolute atomic E-state index is 0.910. The molecule has 0 amide bonds. The monoisotopic (exact) mass is 197 g/mol. The molecule has 76 valence electrons. The molecule has 1 aromatic rings. The van der Waals surface area contributed by atoms with E-state index in [-0.39, 0.29) is 0 Å². The third kappa shape index (κ3) is 2.29. The summed E-state index contributed by atoms with van der Waals surface area (Å²) in [5.74, 6) is 6.44. The summed E-state index contributed by atoms with van der Waals surface area (Å²) >= 11 is 0. The van der Waals surface area contributed by atoms with Crippen LogP contribution in [0, 0.1) is 11.8 Å². The standard InChI is InChI=1S/C14H15N/c1-15-11-3-2-6-12-7-4-8-13-9-5-10-14(12)13/h4-5,7-9,15H,3,10-11H2,1H3. The number of hydrogen-bond acceptors (Lipinski definition) is 1. The first-order valence-corrected chi connectivity index (χ1v) is 5.33. The highest BCUT2D eigenvalue weighted by Gasteiger charge is 2.07. The van der Waals surface area contributed by atoms with Crippen LogP contribution in [-0.4, -0.2) is 13.6 Å². The topological polar surface area (TPSA) is 12.0 Å². The van der Waals surface area contributed by atoms with Gasteiger partial charge in [0.1, 0.15) is 0 Å². The summed E-state index contributed by atoms with van der Waals surface area (Å²) in [5, 5.41) is 3.09. The van der Waals surface area contributed by atoms with Gasteiger partial charge in [0.2, 0.25) is 0 Å². The molecule has 0 bridgehead atoms. The van der Waals surface area contributed by atoms with Gasteiger partial charge in [-0.15, -0.1) is 0 Å². The molecule has 0 saturated heterocycles. The highest BCUT2D eigenvalue weighted by atomic mass is 14.8. The summed E-state index contributed by atoms with van der Waals surface area (Å²) in [7, 11) is 1.95. The maximum Gasteiger partial charge on any atom is 0.0286 e. The molecule has 0 aliphatic heterocycles. The highest BCUT2D eigenvalue weighted by Crippen LogP contribution is 2.22. The fourth-order valence-corrected chi connectivity index (χ4v) is 1.75. The molecule has 0 saturated carbocycles. The molecule has 0 spiro atoms. The number of fused-ring (bicyclic) bond motifs is 1. The van der Waals surface area contributed by atoms with Crippen LogP contribution in [0.2, 0.25) is 0 Å². The molecule has 2 rings (SSSR count). The molecular weight excluding hydrogens is 182 g/mol. The van der Waals surface area contributed by atoms with Gasteiger partial charge in [0.15, 0.2) is 0 Å². The molecule has 0 aromatic heterocycles. The van der Waals surface area contributed by atoms with Gasteiger partial charge in [-0.25, -0.2) is 0 Å². The van der Waals surface area contributed by atoms with Crippen LogP contribution in [0.3, 0.4) is 0 Å². The molecule has 1 N–H and O–H groups in total. The van der Waals surface area contributed by atoms with Crippen LogP contribution < -0.4 is 5.32 Å². The lowest BCUT2D eigenvalue weighted by Gasteiger charge is -2.00. The predicted molar refractivity (Wildman–Crippen MR) is 64.6 cm³/mol. The average molecular weight is 197 g/mol. The Morgan fingerprint density at radius 1 is 1.40 bits per heavy atom. The fraction of sp³-hybridized carbons (Fsp3) is 0.286. The zero-order chi connectivity index (χ0) is 10.5. The van der Waals surface area contributed by atoms with E-state index in [0.29, 0.717) is 0 Å². The van der Waals surface area contributed by atoms with E-state index < -0.39 is 0 Å². The molecule has 0 unspecified atom stereocenters. The zero-order valence-corrected chi connectivity index (χ0v) is 9.01. The first-order valence-electron chi connectivity index (χ1n) is 5.33. The Balaban J connectivity index is 2.15. The van der Waals surface area contributed by atoms with Crippen molar-refractivity contribution in [3.05, 3.63) is 41.0 Å². The van der Waals surface area contributed by atoms with Crippen molar-refractivity contribution in [2.75, 3.05) is 13.6 Å². The fourth-order valence-electron chi connectivity index (χ4n) is 1.75. The number of nitrogens with one attached hydrogen (secondary N) is 1. The molecule has 1 aliphatic carbocycles. The molecule has 1 aromatic carbocycles. The van der Waals surface area contributed by atoms with Crippen molar-refractivity contribution in [3.8, 4) is 11.8 Å². The van der Waals surface area contributed by atoms with Gasteiger partial charge in [0.25, 0.3) is 0 Å². The largest absolute Gasteiger partial charge is 0.319 e. The van der Waals surface area contributed by atoms with Crippen molar-refractivity contribution in [1.29, 1.82) is 0 Å². The number of rotatable bonds is 2. The second kappa shape index (κ2) is 4.82. The van der Waals surface area contributed by atoms with Crippen LogP contribution in [0.25, 0.3) is 6.08 Å². The molecule has 0 fully saturated rings. The van der Waals surface area contributed by atoms with E-state index in [1.54, 1.807) is 0 Å². The third-order valence-electron chi connectivity index (χ3n) is 2.55. The second-order valence-corrected chi connectivity index (χ2v) is 3.64. The lowest BCUT2D eigenvalue weighted by molar-refractivity contribution is 0.818. The number of hydrogen-bond donors (Lipinski definition) is 1. The Morgan fingerprint density at radius 2 is 2.33 bits per heavy atom. The van der Waals surface area contributed by atoms with Crippen LogP contribution in [0.4, 0.5) is 0 Å².